The molecule has 0 aliphatic heterocycles. The lowest BCUT2D eigenvalue weighted by molar-refractivity contribution is -0.142. The average molecular weight is 365 g/mol. The van der Waals surface area contributed by atoms with Crippen LogP contribution in [0.3, 0.4) is 0 Å². The minimum Gasteiger partial charge on any atom is -0.481 e. The summed E-state index contributed by atoms with van der Waals surface area (Å²) in [4.78, 5) is 19.1. The first-order valence-electron chi connectivity index (χ1n) is 7.15. The fourth-order valence-corrected chi connectivity index (χ4v) is 3.32. The number of hydrogen-bond acceptors (Lipinski definition) is 3. The number of nitrogens with zero attached hydrogens (tertiary/aromatic N) is 1. The van der Waals surface area contributed by atoms with Crippen LogP contribution < -0.4 is 0 Å². The number of H-pyrrole nitrogens is 1. The molecule has 6 heteroatoms. The van der Waals surface area contributed by atoms with E-state index in [0.717, 1.165) is 21.6 Å². The van der Waals surface area contributed by atoms with Gasteiger partial charge in [0.2, 0.25) is 0 Å². The van der Waals surface area contributed by atoms with Crippen molar-refractivity contribution in [2.75, 3.05) is 7.11 Å². The van der Waals surface area contributed by atoms with Gasteiger partial charge in [-0.2, -0.15) is 0 Å². The van der Waals surface area contributed by atoms with Gasteiger partial charge < -0.3 is 14.8 Å². The van der Waals surface area contributed by atoms with Crippen molar-refractivity contribution in [3.63, 3.8) is 0 Å². The summed E-state index contributed by atoms with van der Waals surface area (Å²) in [5.74, 6) is -0.642. The Hall–Kier alpha value is -1.66. The molecule has 2 N–H and O–H groups in total. The highest BCUT2D eigenvalue weighted by Gasteiger charge is 2.41. The standard InChI is InChI=1S/C16H17BrN2O3/c1-22-11-6-12(13(7-11)16(20)21)15-18-8-14(19-15)9-2-4-10(17)5-3-9/h2-5,8,11-13H,6-7H2,1H3,(H,18,19)(H,20,21)/t11?,12-,13-/m1/s1. The van der Waals surface area contributed by atoms with E-state index in [2.05, 4.69) is 25.9 Å². The Balaban J connectivity index is 1.86. The fourth-order valence-electron chi connectivity index (χ4n) is 3.06. The molecule has 1 fully saturated rings. The van der Waals surface area contributed by atoms with Crippen LogP contribution in [0.2, 0.25) is 0 Å². The van der Waals surface area contributed by atoms with Gasteiger partial charge in [0.05, 0.1) is 23.9 Å². The third-order valence-corrected chi connectivity index (χ3v) is 4.80. The summed E-state index contributed by atoms with van der Waals surface area (Å²) in [5.41, 5.74) is 1.92. The smallest absolute Gasteiger partial charge is 0.307 e. The molecule has 1 aliphatic carbocycles. The molecule has 1 aromatic heterocycles. The monoisotopic (exact) mass is 364 g/mol. The Morgan fingerprint density at radius 2 is 2.09 bits per heavy atom. The zero-order valence-corrected chi connectivity index (χ0v) is 13.7. The first-order valence-corrected chi connectivity index (χ1v) is 7.94. The highest BCUT2D eigenvalue weighted by atomic mass is 79.9. The lowest BCUT2D eigenvalue weighted by Crippen LogP contribution is -2.17. The van der Waals surface area contributed by atoms with Crippen LogP contribution >= 0.6 is 15.9 Å². The van der Waals surface area contributed by atoms with Gasteiger partial charge in [0.1, 0.15) is 5.82 Å². The zero-order valence-electron chi connectivity index (χ0n) is 12.1. The minimum absolute atomic E-state index is 0.0210. The summed E-state index contributed by atoms with van der Waals surface area (Å²) in [5, 5.41) is 9.41. The molecule has 1 aromatic carbocycles. The maximum absolute atomic E-state index is 11.5. The predicted octanol–water partition coefficient (Wildman–Crippen LogP) is 3.43. The average Bonchev–Trinajstić information content (AvgIpc) is 3.14. The molecule has 2 aromatic rings. The lowest BCUT2D eigenvalue weighted by atomic mass is 9.96. The van der Waals surface area contributed by atoms with E-state index >= 15 is 0 Å². The third kappa shape index (κ3) is 2.94. The molecule has 0 bridgehead atoms. The summed E-state index contributed by atoms with van der Waals surface area (Å²) < 4.78 is 6.35. The topological polar surface area (TPSA) is 75.2 Å². The second-order valence-electron chi connectivity index (χ2n) is 5.57. The zero-order chi connectivity index (χ0) is 15.7. The number of benzene rings is 1. The van der Waals surface area contributed by atoms with E-state index < -0.39 is 11.9 Å². The van der Waals surface area contributed by atoms with Gasteiger partial charge in [0.15, 0.2) is 0 Å². The van der Waals surface area contributed by atoms with Crippen molar-refractivity contribution in [1.29, 1.82) is 0 Å². The van der Waals surface area contributed by atoms with Crippen LogP contribution in [0.15, 0.2) is 34.9 Å². The van der Waals surface area contributed by atoms with Crippen LogP contribution in [-0.4, -0.2) is 34.3 Å². The Bertz CT molecular complexity index is 668. The van der Waals surface area contributed by atoms with E-state index in [1.807, 2.05) is 24.3 Å². The second-order valence-corrected chi connectivity index (χ2v) is 6.49. The van der Waals surface area contributed by atoms with Crippen LogP contribution in [0, 0.1) is 5.92 Å². The number of aromatic amines is 1. The normalized spacial score (nSPS) is 24.5. The van der Waals surface area contributed by atoms with Crippen molar-refractivity contribution in [2.45, 2.75) is 24.9 Å². The van der Waals surface area contributed by atoms with Crippen molar-refractivity contribution >= 4 is 21.9 Å². The molecule has 1 unspecified atom stereocenters. The molecular formula is C16H17BrN2O3. The van der Waals surface area contributed by atoms with Gasteiger partial charge in [0, 0.05) is 17.5 Å². The van der Waals surface area contributed by atoms with Crippen molar-refractivity contribution in [1.82, 2.24) is 9.97 Å². The Morgan fingerprint density at radius 3 is 2.73 bits per heavy atom. The van der Waals surface area contributed by atoms with Gasteiger partial charge in [0.25, 0.3) is 0 Å². The molecule has 1 aliphatic rings. The third-order valence-electron chi connectivity index (χ3n) is 4.27. The van der Waals surface area contributed by atoms with Gasteiger partial charge in [-0.25, -0.2) is 4.98 Å². The van der Waals surface area contributed by atoms with Crippen LogP contribution in [0.4, 0.5) is 0 Å². The number of rotatable bonds is 4. The highest BCUT2D eigenvalue weighted by molar-refractivity contribution is 9.10. The quantitative estimate of drug-likeness (QED) is 0.871. The largest absolute Gasteiger partial charge is 0.481 e. The number of methoxy groups -OCH3 is 1. The van der Waals surface area contributed by atoms with E-state index in [0.29, 0.717) is 12.8 Å². The fraction of sp³-hybridized carbons (Fsp3) is 0.375. The number of carboxylic acids is 1. The Labute approximate surface area is 136 Å². The summed E-state index contributed by atoms with van der Waals surface area (Å²) in [7, 11) is 1.63. The Morgan fingerprint density at radius 1 is 1.36 bits per heavy atom. The first-order chi connectivity index (χ1) is 10.6. The summed E-state index contributed by atoms with van der Waals surface area (Å²) in [6, 6.07) is 7.91. The number of imidazole rings is 1. The molecule has 0 saturated heterocycles. The Kier molecular flexibility index (Phi) is 4.31. The summed E-state index contributed by atoms with van der Waals surface area (Å²) in [6.07, 6.45) is 2.95. The van der Waals surface area contributed by atoms with Crippen LogP contribution in [0.25, 0.3) is 11.3 Å². The number of halogens is 1. The van der Waals surface area contributed by atoms with E-state index in [1.54, 1.807) is 13.3 Å². The summed E-state index contributed by atoms with van der Waals surface area (Å²) >= 11 is 3.41. The highest BCUT2D eigenvalue weighted by Crippen LogP contribution is 2.40. The summed E-state index contributed by atoms with van der Waals surface area (Å²) in [6.45, 7) is 0. The maximum atomic E-state index is 11.5. The molecule has 0 amide bonds. The number of aliphatic carboxylic acids is 1. The molecule has 3 atom stereocenters. The van der Waals surface area contributed by atoms with E-state index in [-0.39, 0.29) is 12.0 Å². The predicted molar refractivity (Wildman–Crippen MR) is 85.6 cm³/mol. The SMILES string of the molecule is COC1C[C@@H](C(=O)O)[C@H](c2ncc(-c3ccc(Br)cc3)[nH]2)C1. The molecule has 1 saturated carbocycles. The van der Waals surface area contributed by atoms with Crippen molar-refractivity contribution in [2.24, 2.45) is 5.92 Å². The number of aromatic nitrogens is 2. The molecular weight excluding hydrogens is 348 g/mol. The van der Waals surface area contributed by atoms with Crippen LogP contribution in [0.1, 0.15) is 24.6 Å². The van der Waals surface area contributed by atoms with Gasteiger partial charge in [-0.3, -0.25) is 4.79 Å². The van der Waals surface area contributed by atoms with Crippen LogP contribution in [-0.2, 0) is 9.53 Å². The molecule has 0 spiro atoms. The van der Waals surface area contributed by atoms with E-state index in [4.69, 9.17) is 4.74 Å². The minimum atomic E-state index is -0.786. The number of nitrogens with one attached hydrogen (secondary N) is 1. The molecule has 0 radical (unpaired) electrons. The van der Waals surface area contributed by atoms with E-state index in [1.165, 1.54) is 0 Å². The maximum Gasteiger partial charge on any atom is 0.307 e. The second kappa shape index (κ2) is 6.22. The van der Waals surface area contributed by atoms with E-state index in [9.17, 15) is 9.90 Å². The molecule has 116 valence electrons. The lowest BCUT2D eigenvalue weighted by Gasteiger charge is -2.12. The van der Waals surface area contributed by atoms with Crippen LogP contribution in [0.5, 0.6) is 0 Å². The first kappa shape index (κ1) is 15.2. The van der Waals surface area contributed by atoms with Crippen molar-refractivity contribution in [3.8, 4) is 11.3 Å². The number of ether oxygens (including phenoxy) is 1. The molecule has 3 rings (SSSR count). The molecule has 1 heterocycles. The number of hydrogen-bond donors (Lipinski definition) is 2. The van der Waals surface area contributed by atoms with Gasteiger partial charge >= 0.3 is 5.97 Å². The van der Waals surface area contributed by atoms with Gasteiger partial charge in [-0.1, -0.05) is 28.1 Å². The number of carboxylic acid groups (broad SMARTS) is 1. The van der Waals surface area contributed by atoms with Crippen molar-refractivity contribution in [3.05, 3.63) is 40.8 Å². The van der Waals surface area contributed by atoms with Crippen molar-refractivity contribution < 1.29 is 14.6 Å². The molecule has 22 heavy (non-hydrogen) atoms. The molecule has 5 nitrogen and oxygen atoms in total. The number of carbonyl (C=O) groups is 1. The van der Waals surface area contributed by atoms with Gasteiger partial charge in [-0.05, 0) is 30.5 Å². The van der Waals surface area contributed by atoms with Gasteiger partial charge in [-0.15, -0.1) is 0 Å².